The van der Waals surface area contributed by atoms with Gasteiger partial charge >= 0.3 is 0 Å². The molecule has 136 valence electrons. The Bertz CT molecular complexity index is 613. The first-order chi connectivity index (χ1) is 12.3. The lowest BCUT2D eigenvalue weighted by Crippen LogP contribution is -2.37. The van der Waals surface area contributed by atoms with Crippen LogP contribution in [0.15, 0.2) is 18.2 Å². The summed E-state index contributed by atoms with van der Waals surface area (Å²) in [6.45, 7) is 3.89. The summed E-state index contributed by atoms with van der Waals surface area (Å²) in [5, 5.41) is 3.61. The highest BCUT2D eigenvalue weighted by Gasteiger charge is 2.32. The van der Waals surface area contributed by atoms with Crippen LogP contribution in [0.4, 0.5) is 0 Å². The largest absolute Gasteiger partial charge is 0.490 e. The first-order valence-corrected chi connectivity index (χ1v) is 9.71. The Morgan fingerprint density at radius 2 is 1.96 bits per heavy atom. The summed E-state index contributed by atoms with van der Waals surface area (Å²) in [4.78, 5) is 14.6. The van der Waals surface area contributed by atoms with Crippen molar-refractivity contribution in [2.75, 3.05) is 26.3 Å². The van der Waals surface area contributed by atoms with Crippen molar-refractivity contribution in [2.24, 2.45) is 5.92 Å². The van der Waals surface area contributed by atoms with E-state index in [1.165, 1.54) is 12.8 Å². The number of amides is 1. The molecule has 1 atom stereocenters. The van der Waals surface area contributed by atoms with Gasteiger partial charge < -0.3 is 19.7 Å². The van der Waals surface area contributed by atoms with Gasteiger partial charge in [-0.15, -0.1) is 0 Å². The first kappa shape index (κ1) is 16.7. The van der Waals surface area contributed by atoms with Gasteiger partial charge in [-0.1, -0.05) is 25.0 Å². The number of hydrogen-bond acceptors (Lipinski definition) is 4. The van der Waals surface area contributed by atoms with Gasteiger partial charge in [-0.05, 0) is 25.3 Å². The fraction of sp³-hybridized carbons (Fsp3) is 0.650. The van der Waals surface area contributed by atoms with Crippen LogP contribution in [0.2, 0.25) is 0 Å². The third-order valence-electron chi connectivity index (χ3n) is 5.64. The maximum atomic E-state index is 12.6. The first-order valence-electron chi connectivity index (χ1n) is 9.71. The van der Waals surface area contributed by atoms with Gasteiger partial charge in [0.1, 0.15) is 0 Å². The van der Waals surface area contributed by atoms with Crippen LogP contribution < -0.4 is 14.8 Å². The molecule has 1 aromatic rings. The van der Waals surface area contributed by atoms with E-state index in [1.54, 1.807) is 0 Å². The van der Waals surface area contributed by atoms with Gasteiger partial charge in [0.15, 0.2) is 11.5 Å². The average Bonchev–Trinajstić information content (AvgIpc) is 3.27. The molecule has 25 heavy (non-hydrogen) atoms. The molecule has 2 aliphatic heterocycles. The lowest BCUT2D eigenvalue weighted by molar-refractivity contribution is -0.134. The predicted molar refractivity (Wildman–Crippen MR) is 95.8 cm³/mol. The molecule has 0 radical (unpaired) electrons. The molecule has 5 heteroatoms. The summed E-state index contributed by atoms with van der Waals surface area (Å²) in [6.07, 6.45) is 6.55. The molecule has 2 fully saturated rings. The molecule has 0 aromatic heterocycles. The quantitative estimate of drug-likeness (QED) is 0.912. The van der Waals surface area contributed by atoms with Crippen LogP contribution in [0.1, 0.15) is 44.1 Å². The highest BCUT2D eigenvalue weighted by Crippen LogP contribution is 2.33. The second-order valence-corrected chi connectivity index (χ2v) is 7.43. The standard InChI is InChI=1S/C20H28N2O3/c23-20(15-5-1-2-6-15)22-10-9-17(14-22)21-13-16-7-3-8-18-19(16)25-12-4-11-24-18/h3,7-8,15,17,21H,1-2,4-6,9-14H2/t17-/m0/s1. The molecule has 5 nitrogen and oxygen atoms in total. The Morgan fingerprint density at radius 1 is 1.12 bits per heavy atom. The Labute approximate surface area is 149 Å². The molecule has 3 aliphatic rings. The second kappa shape index (κ2) is 7.65. The zero-order valence-corrected chi connectivity index (χ0v) is 14.8. The number of carbonyl (C=O) groups excluding carboxylic acids is 1. The minimum absolute atomic E-state index is 0.286. The molecule has 1 aliphatic carbocycles. The third-order valence-corrected chi connectivity index (χ3v) is 5.64. The van der Waals surface area contributed by atoms with E-state index in [-0.39, 0.29) is 5.92 Å². The Hall–Kier alpha value is -1.75. The van der Waals surface area contributed by atoms with Gasteiger partial charge in [-0.25, -0.2) is 0 Å². The fourth-order valence-electron chi connectivity index (χ4n) is 4.21. The zero-order valence-electron chi connectivity index (χ0n) is 14.8. The number of ether oxygens (including phenoxy) is 2. The van der Waals surface area contributed by atoms with E-state index in [1.807, 2.05) is 12.1 Å². The number of nitrogens with zero attached hydrogens (tertiary/aromatic N) is 1. The van der Waals surface area contributed by atoms with Crippen LogP contribution in [0.25, 0.3) is 0 Å². The lowest BCUT2D eigenvalue weighted by Gasteiger charge is -2.21. The summed E-state index contributed by atoms with van der Waals surface area (Å²) in [6, 6.07) is 6.46. The van der Waals surface area contributed by atoms with Crippen LogP contribution in [-0.4, -0.2) is 43.2 Å². The maximum absolute atomic E-state index is 12.6. The molecule has 1 saturated heterocycles. The fourth-order valence-corrected chi connectivity index (χ4v) is 4.21. The van der Waals surface area contributed by atoms with Crippen molar-refractivity contribution < 1.29 is 14.3 Å². The van der Waals surface area contributed by atoms with Gasteiger partial charge in [0.25, 0.3) is 0 Å². The molecule has 0 bridgehead atoms. The Balaban J connectivity index is 1.33. The molecule has 0 spiro atoms. The third kappa shape index (κ3) is 3.76. The van der Waals surface area contributed by atoms with Crippen molar-refractivity contribution in [3.05, 3.63) is 23.8 Å². The smallest absolute Gasteiger partial charge is 0.225 e. The number of nitrogens with one attached hydrogen (secondary N) is 1. The van der Waals surface area contributed by atoms with Gasteiger partial charge in [0.2, 0.25) is 5.91 Å². The number of para-hydroxylation sites is 1. The van der Waals surface area contributed by atoms with Crippen molar-refractivity contribution in [3.8, 4) is 11.5 Å². The number of likely N-dealkylation sites (tertiary alicyclic amines) is 1. The highest BCUT2D eigenvalue weighted by atomic mass is 16.5. The molecule has 4 rings (SSSR count). The molecule has 2 heterocycles. The predicted octanol–water partition coefficient (Wildman–Crippen LogP) is 2.73. The van der Waals surface area contributed by atoms with Crippen molar-refractivity contribution in [1.29, 1.82) is 0 Å². The van der Waals surface area contributed by atoms with E-state index in [0.717, 1.165) is 62.4 Å². The van der Waals surface area contributed by atoms with E-state index in [9.17, 15) is 4.79 Å². The lowest BCUT2D eigenvalue weighted by atomic mass is 10.1. The second-order valence-electron chi connectivity index (χ2n) is 7.43. The normalized spacial score (nSPS) is 23.7. The SMILES string of the molecule is O=C(C1CCCC1)N1CC[C@H](NCc2cccc3c2OCCCO3)C1. The Morgan fingerprint density at radius 3 is 2.84 bits per heavy atom. The summed E-state index contributed by atoms with van der Waals surface area (Å²) in [5.41, 5.74) is 1.14. The molecular formula is C20H28N2O3. The van der Waals surface area contributed by atoms with Crippen molar-refractivity contribution in [2.45, 2.75) is 51.1 Å². The van der Waals surface area contributed by atoms with E-state index in [2.05, 4.69) is 16.3 Å². The van der Waals surface area contributed by atoms with Gasteiger partial charge in [0, 0.05) is 43.6 Å². The number of carbonyl (C=O) groups is 1. The number of benzene rings is 1. The number of fused-ring (bicyclic) bond motifs is 1. The minimum Gasteiger partial charge on any atom is -0.490 e. The van der Waals surface area contributed by atoms with Crippen LogP contribution in [0.5, 0.6) is 11.5 Å². The molecular weight excluding hydrogens is 316 g/mol. The van der Waals surface area contributed by atoms with Gasteiger partial charge in [0.05, 0.1) is 13.2 Å². The zero-order chi connectivity index (χ0) is 17.1. The monoisotopic (exact) mass is 344 g/mol. The number of rotatable bonds is 4. The van der Waals surface area contributed by atoms with Crippen LogP contribution in [0.3, 0.4) is 0 Å². The average molecular weight is 344 g/mol. The maximum Gasteiger partial charge on any atom is 0.225 e. The van der Waals surface area contributed by atoms with Crippen molar-refractivity contribution >= 4 is 5.91 Å². The van der Waals surface area contributed by atoms with E-state index in [4.69, 9.17) is 9.47 Å². The van der Waals surface area contributed by atoms with Gasteiger partial charge in [-0.2, -0.15) is 0 Å². The van der Waals surface area contributed by atoms with Crippen molar-refractivity contribution in [1.82, 2.24) is 10.2 Å². The topological polar surface area (TPSA) is 50.8 Å². The van der Waals surface area contributed by atoms with E-state index >= 15 is 0 Å². The molecule has 1 N–H and O–H groups in total. The molecule has 0 unspecified atom stereocenters. The van der Waals surface area contributed by atoms with Crippen LogP contribution in [-0.2, 0) is 11.3 Å². The van der Waals surface area contributed by atoms with Crippen molar-refractivity contribution in [3.63, 3.8) is 0 Å². The summed E-state index contributed by atoms with van der Waals surface area (Å²) >= 11 is 0. The number of hydrogen-bond donors (Lipinski definition) is 1. The molecule has 1 saturated carbocycles. The van der Waals surface area contributed by atoms with E-state index < -0.39 is 0 Å². The summed E-state index contributed by atoms with van der Waals surface area (Å²) in [5.74, 6) is 2.40. The van der Waals surface area contributed by atoms with Crippen LogP contribution >= 0.6 is 0 Å². The summed E-state index contributed by atoms with van der Waals surface area (Å²) in [7, 11) is 0. The minimum atomic E-state index is 0.286. The molecule has 1 amide bonds. The van der Waals surface area contributed by atoms with E-state index in [0.29, 0.717) is 25.2 Å². The van der Waals surface area contributed by atoms with Crippen LogP contribution in [0, 0.1) is 5.92 Å². The summed E-state index contributed by atoms with van der Waals surface area (Å²) < 4.78 is 11.7. The molecule has 1 aromatic carbocycles. The Kier molecular flexibility index (Phi) is 5.11. The highest BCUT2D eigenvalue weighted by molar-refractivity contribution is 5.79. The van der Waals surface area contributed by atoms with Gasteiger partial charge in [-0.3, -0.25) is 4.79 Å².